The quantitative estimate of drug-likeness (QED) is 0.153. The molecule has 0 aliphatic rings. The maximum atomic E-state index is 12.2. The van der Waals surface area contributed by atoms with Crippen LogP contribution in [0.3, 0.4) is 0 Å². The molecule has 0 bridgehead atoms. The summed E-state index contributed by atoms with van der Waals surface area (Å²) in [7, 11) is 5.97. The van der Waals surface area contributed by atoms with Gasteiger partial charge in [-0.3, -0.25) is 14.4 Å². The van der Waals surface area contributed by atoms with Crippen molar-refractivity contribution < 1.29 is 69.1 Å². The summed E-state index contributed by atoms with van der Waals surface area (Å²) in [5.74, 6) is -1.05. The molecule has 2 aromatic carbocycles. The molecule has 16 heteroatoms. The number of ether oxygens (including phenoxy) is 2. The first-order valence-electron chi connectivity index (χ1n) is 10.6. The van der Waals surface area contributed by atoms with Gasteiger partial charge in [0.25, 0.3) is 5.91 Å². The molecule has 0 fully saturated rings. The number of benzene rings is 2. The van der Waals surface area contributed by atoms with Crippen LogP contribution in [0, 0.1) is 0 Å². The van der Waals surface area contributed by atoms with Gasteiger partial charge >= 0.3 is 31.6 Å². The third-order valence-corrected chi connectivity index (χ3v) is 5.44. The van der Waals surface area contributed by atoms with Gasteiger partial charge in [0.2, 0.25) is 0 Å². The van der Waals surface area contributed by atoms with Crippen molar-refractivity contribution >= 4 is 51.4 Å². The summed E-state index contributed by atoms with van der Waals surface area (Å²) in [6.07, 6.45) is -8.83. The van der Waals surface area contributed by atoms with Crippen molar-refractivity contribution in [2.24, 2.45) is 14.1 Å². The molecule has 0 saturated heterocycles. The molecule has 0 atom stereocenters. The van der Waals surface area contributed by atoms with Crippen molar-refractivity contribution in [3.63, 3.8) is 0 Å². The summed E-state index contributed by atoms with van der Waals surface area (Å²) >= 11 is 0. The van der Waals surface area contributed by atoms with Gasteiger partial charge in [-0.2, -0.15) is 0 Å². The van der Waals surface area contributed by atoms with E-state index in [-0.39, 0.29) is 47.7 Å². The molecule has 0 aliphatic carbocycles. The van der Waals surface area contributed by atoms with Crippen molar-refractivity contribution in [1.29, 1.82) is 0 Å². The number of rotatable bonds is 5. The Hall–Kier alpha value is -3.07. The van der Waals surface area contributed by atoms with E-state index in [2.05, 4.69) is 9.47 Å². The second kappa shape index (κ2) is 13.5. The normalized spacial score (nSPS) is 11.2. The second-order valence-electron chi connectivity index (χ2n) is 7.86. The largest absolute Gasteiger partial charge is 1.00 e. The zero-order valence-corrected chi connectivity index (χ0v) is 21.3. The summed E-state index contributed by atoms with van der Waals surface area (Å²) in [4.78, 5) is 27.5. The fourth-order valence-electron chi connectivity index (χ4n) is 3.60. The first kappa shape index (κ1) is 35.0. The topological polar surface area (TPSA) is 74.9 Å². The zero-order valence-electron chi connectivity index (χ0n) is 21.3. The van der Waals surface area contributed by atoms with E-state index in [1.165, 1.54) is 59.7 Å². The van der Waals surface area contributed by atoms with Gasteiger partial charge in [0.05, 0.1) is 23.8 Å². The molecule has 2 aromatic heterocycles. The summed E-state index contributed by atoms with van der Waals surface area (Å²) in [6, 6.07) is 11.0. The van der Waals surface area contributed by atoms with Gasteiger partial charge in [-0.15, -0.1) is 26.3 Å². The Labute approximate surface area is 246 Å². The standard InChI is InChI=1S/C13H13F3N2O3.C11H8F3NO2.Al.Li.4H/c1-17-10-7-9(21-13(14,15)16)5-4-8(10)6-11(17)12(19)18(2)20-3;1-15-8(6-16)4-7-2-3-9(5-10(7)15)17-11(12,13)14;;;;;;/h4-7H,1-3H3;2-6H,1H3;;;;;;/q;;-1;+1;;;;. The summed E-state index contributed by atoms with van der Waals surface area (Å²) in [5, 5.41) is 2.34. The van der Waals surface area contributed by atoms with Crippen molar-refractivity contribution in [3.8, 4) is 11.5 Å². The number of aryl methyl sites for hydroxylation is 2. The molecule has 4 aromatic rings. The van der Waals surface area contributed by atoms with Gasteiger partial charge in [-0.05, 0) is 36.4 Å². The van der Waals surface area contributed by atoms with Gasteiger partial charge in [0.15, 0.2) is 6.29 Å². The zero-order chi connectivity index (χ0) is 28.4. The maximum absolute atomic E-state index is 12.2. The molecule has 2 heterocycles. The van der Waals surface area contributed by atoms with Crippen LogP contribution in [0.1, 0.15) is 21.0 Å². The Morgan fingerprint density at radius 3 is 1.70 bits per heavy atom. The van der Waals surface area contributed by atoms with Gasteiger partial charge in [0.1, 0.15) is 17.2 Å². The van der Waals surface area contributed by atoms with Crippen LogP contribution in [0.25, 0.3) is 21.8 Å². The monoisotopic (exact) mass is 583 g/mol. The summed E-state index contributed by atoms with van der Waals surface area (Å²) < 4.78 is 83.4. The van der Waals surface area contributed by atoms with Gasteiger partial charge in [-0.25, -0.2) is 5.06 Å². The summed E-state index contributed by atoms with van der Waals surface area (Å²) in [5.41, 5.74) is 1.64. The molecule has 8 nitrogen and oxygen atoms in total. The van der Waals surface area contributed by atoms with E-state index >= 15 is 0 Å². The third kappa shape index (κ3) is 8.46. The minimum absolute atomic E-state index is 0. The minimum atomic E-state index is -4.76. The Morgan fingerprint density at radius 1 is 0.825 bits per heavy atom. The van der Waals surface area contributed by atoms with E-state index in [9.17, 15) is 35.9 Å². The average molecular weight is 583 g/mol. The van der Waals surface area contributed by atoms with Crippen LogP contribution < -0.4 is 28.3 Å². The smallest absolute Gasteiger partial charge is 0.406 e. The van der Waals surface area contributed by atoms with E-state index in [1.54, 1.807) is 26.2 Å². The molecule has 212 valence electrons. The molecule has 0 radical (unpaired) electrons. The van der Waals surface area contributed by atoms with Crippen LogP contribution in [-0.2, 0) is 18.9 Å². The van der Waals surface area contributed by atoms with Crippen LogP contribution in [0.2, 0.25) is 0 Å². The number of carbonyl (C=O) groups is 2. The Kier molecular flexibility index (Phi) is 11.8. The Morgan fingerprint density at radius 2 is 1.27 bits per heavy atom. The Balaban J connectivity index is 0.000000388. The predicted octanol–water partition coefficient (Wildman–Crippen LogP) is 1.15. The molecule has 4 rings (SSSR count). The number of hydrogen-bond acceptors (Lipinski definition) is 5. The molecular formula is C24H25AlF6LiN3O5. The molecule has 0 spiro atoms. The first-order valence-corrected chi connectivity index (χ1v) is 10.6. The fraction of sp³-hybridized carbons (Fsp3) is 0.250. The number of carbonyl (C=O) groups excluding carboxylic acids is 2. The van der Waals surface area contributed by atoms with Gasteiger partial charge in [0, 0.05) is 61.4 Å². The number of halogens is 6. The number of aromatic nitrogens is 2. The predicted molar refractivity (Wildman–Crippen MR) is 135 cm³/mol. The van der Waals surface area contributed by atoms with E-state index in [4.69, 9.17) is 4.84 Å². The molecular weight excluding hydrogens is 558 g/mol. The molecule has 0 N–H and O–H groups in total. The number of hydroxylamine groups is 2. The van der Waals surface area contributed by atoms with Crippen molar-refractivity contribution in [3.05, 3.63) is 59.9 Å². The van der Waals surface area contributed by atoms with Crippen LogP contribution >= 0.6 is 0 Å². The number of aldehydes is 1. The van der Waals surface area contributed by atoms with E-state index in [0.29, 0.717) is 39.5 Å². The molecule has 0 aliphatic heterocycles. The van der Waals surface area contributed by atoms with Crippen LogP contribution in [0.5, 0.6) is 11.5 Å². The molecule has 40 heavy (non-hydrogen) atoms. The Bertz CT molecular complexity index is 1490. The van der Waals surface area contributed by atoms with Crippen LogP contribution in [0.4, 0.5) is 26.3 Å². The molecule has 0 unspecified atom stereocenters. The van der Waals surface area contributed by atoms with Crippen molar-refractivity contribution in [2.45, 2.75) is 12.7 Å². The van der Waals surface area contributed by atoms with Crippen molar-refractivity contribution in [2.75, 3.05) is 14.2 Å². The maximum Gasteiger partial charge on any atom is 1.00 e. The number of nitrogens with zero attached hydrogens (tertiary/aromatic N) is 3. The molecule has 0 saturated carbocycles. The summed E-state index contributed by atoms with van der Waals surface area (Å²) in [6.45, 7) is 0. The number of amides is 1. The minimum Gasteiger partial charge on any atom is -0.406 e. The number of hydrogen-bond donors (Lipinski definition) is 0. The van der Waals surface area contributed by atoms with Crippen LogP contribution in [-0.4, -0.2) is 70.6 Å². The van der Waals surface area contributed by atoms with Gasteiger partial charge in [-0.1, -0.05) is 0 Å². The molecule has 1 amide bonds. The average Bonchev–Trinajstić information content (AvgIpc) is 3.32. The third-order valence-electron chi connectivity index (χ3n) is 5.44. The van der Waals surface area contributed by atoms with Crippen LogP contribution in [0.15, 0.2) is 48.5 Å². The second-order valence-corrected chi connectivity index (χ2v) is 7.86. The SMILES string of the molecule is CON(C)C(=O)c1cc2ccc(OC(F)(F)F)cc2n1C.Cn1c(C=O)cc2ccc(OC(F)(F)F)cc21.[AlH4-].[Li+]. The van der Waals surface area contributed by atoms with E-state index in [1.807, 2.05) is 0 Å². The fourth-order valence-corrected chi connectivity index (χ4v) is 3.60. The first-order chi connectivity index (χ1) is 17.6. The number of alkyl halides is 6. The van der Waals surface area contributed by atoms with Crippen molar-refractivity contribution in [1.82, 2.24) is 14.2 Å². The van der Waals surface area contributed by atoms with E-state index in [0.717, 1.165) is 5.06 Å². The van der Waals surface area contributed by atoms with Gasteiger partial charge < -0.3 is 18.6 Å². The number of fused-ring (bicyclic) bond motifs is 2. The van der Waals surface area contributed by atoms with E-state index < -0.39 is 18.6 Å².